The van der Waals surface area contributed by atoms with Crippen molar-refractivity contribution in [2.75, 3.05) is 52.0 Å². The van der Waals surface area contributed by atoms with Crippen LogP contribution in [-0.4, -0.2) is 52.6 Å². The van der Waals surface area contributed by atoms with Crippen molar-refractivity contribution in [3.05, 3.63) is 40.6 Å². The first kappa shape index (κ1) is 24.7. The zero-order valence-electron chi connectivity index (χ0n) is 17.2. The van der Waals surface area contributed by atoms with E-state index in [0.29, 0.717) is 39.6 Å². The second-order valence-corrected chi connectivity index (χ2v) is 7.50. The number of ether oxygens (including phenoxy) is 4. The van der Waals surface area contributed by atoms with Crippen LogP contribution in [0.25, 0.3) is 0 Å². The van der Waals surface area contributed by atoms with Crippen molar-refractivity contribution < 1.29 is 18.9 Å². The van der Waals surface area contributed by atoms with Crippen LogP contribution in [-0.2, 0) is 16.0 Å². The Hall–Kier alpha value is -1.56. The molecule has 1 aliphatic heterocycles. The first-order valence-electron chi connectivity index (χ1n) is 9.89. The van der Waals surface area contributed by atoms with Crippen molar-refractivity contribution in [1.82, 2.24) is 5.32 Å². The summed E-state index contributed by atoms with van der Waals surface area (Å²) < 4.78 is 22.0. The number of aliphatic imine (C=N–C) groups is 1. The number of thiophene rings is 1. The molecule has 0 spiro atoms. The number of fused-ring (bicyclic) bond motifs is 1. The Morgan fingerprint density at radius 1 is 1.13 bits per heavy atom. The Kier molecular flexibility index (Phi) is 11.9. The standard InChI is InChI=1S/C21H29N3O4S.HI/c1-25-12-13-26-9-3-8-22-21(23-16-18-5-2-14-29-18)24-17-6-7-19-20(15-17)28-11-4-10-27-19;/h2,5-7,14-15H,3-4,8-13,16H2,1H3,(H2,22,23,24);1H. The van der Waals surface area contributed by atoms with E-state index in [1.54, 1.807) is 18.4 Å². The van der Waals surface area contributed by atoms with Gasteiger partial charge in [-0.05, 0) is 30.0 Å². The summed E-state index contributed by atoms with van der Waals surface area (Å²) in [5, 5.41) is 8.81. The molecule has 0 atom stereocenters. The zero-order chi connectivity index (χ0) is 20.2. The fraction of sp³-hybridized carbons (Fsp3) is 0.476. The third kappa shape index (κ3) is 8.66. The van der Waals surface area contributed by atoms with E-state index in [1.807, 2.05) is 24.3 Å². The molecule has 7 nitrogen and oxygen atoms in total. The van der Waals surface area contributed by atoms with Gasteiger partial charge in [0.2, 0.25) is 0 Å². The number of hydrogen-bond acceptors (Lipinski definition) is 6. The maximum atomic E-state index is 5.78. The number of nitrogens with zero attached hydrogens (tertiary/aromatic N) is 1. The molecule has 0 saturated carbocycles. The molecule has 2 heterocycles. The first-order valence-corrected chi connectivity index (χ1v) is 10.8. The van der Waals surface area contributed by atoms with E-state index < -0.39 is 0 Å². The zero-order valence-corrected chi connectivity index (χ0v) is 20.4. The molecule has 0 amide bonds. The van der Waals surface area contributed by atoms with Crippen molar-refractivity contribution in [1.29, 1.82) is 0 Å². The predicted molar refractivity (Wildman–Crippen MR) is 132 cm³/mol. The van der Waals surface area contributed by atoms with E-state index in [9.17, 15) is 0 Å². The van der Waals surface area contributed by atoms with E-state index in [1.165, 1.54) is 4.88 Å². The predicted octanol–water partition coefficient (Wildman–Crippen LogP) is 4.14. The minimum Gasteiger partial charge on any atom is -0.490 e. The number of halogens is 1. The lowest BCUT2D eigenvalue weighted by molar-refractivity contribution is 0.0699. The van der Waals surface area contributed by atoms with E-state index in [0.717, 1.165) is 42.5 Å². The van der Waals surface area contributed by atoms with Gasteiger partial charge in [0.15, 0.2) is 17.5 Å². The summed E-state index contributed by atoms with van der Waals surface area (Å²) in [6.07, 6.45) is 1.77. The van der Waals surface area contributed by atoms with E-state index in [-0.39, 0.29) is 24.0 Å². The van der Waals surface area contributed by atoms with Crippen molar-refractivity contribution in [3.8, 4) is 11.5 Å². The molecular formula is C21H30IN3O4S. The van der Waals surface area contributed by atoms with Crippen molar-refractivity contribution >= 4 is 47.0 Å². The van der Waals surface area contributed by atoms with Crippen LogP contribution in [0.3, 0.4) is 0 Å². The van der Waals surface area contributed by atoms with Gasteiger partial charge in [-0.3, -0.25) is 0 Å². The Bertz CT molecular complexity index is 759. The highest BCUT2D eigenvalue weighted by Gasteiger charge is 2.11. The summed E-state index contributed by atoms with van der Waals surface area (Å²) in [5.74, 6) is 2.27. The number of guanidine groups is 1. The van der Waals surface area contributed by atoms with E-state index >= 15 is 0 Å². The van der Waals surface area contributed by atoms with Gasteiger partial charge < -0.3 is 29.6 Å². The minimum atomic E-state index is 0. The average molecular weight is 547 g/mol. The van der Waals surface area contributed by atoms with Crippen LogP contribution in [0.2, 0.25) is 0 Å². The lowest BCUT2D eigenvalue weighted by atomic mass is 10.2. The summed E-state index contributed by atoms with van der Waals surface area (Å²) >= 11 is 1.70. The van der Waals surface area contributed by atoms with Gasteiger partial charge in [-0.1, -0.05) is 6.07 Å². The number of hydrogen-bond donors (Lipinski definition) is 2. The second-order valence-electron chi connectivity index (χ2n) is 6.47. The molecule has 0 unspecified atom stereocenters. The molecule has 1 aromatic carbocycles. The maximum absolute atomic E-state index is 5.78. The summed E-state index contributed by atoms with van der Waals surface area (Å²) in [5.41, 5.74) is 0.906. The molecule has 0 aliphatic carbocycles. The van der Waals surface area contributed by atoms with Crippen LogP contribution in [0.15, 0.2) is 40.7 Å². The molecule has 30 heavy (non-hydrogen) atoms. The number of nitrogens with one attached hydrogen (secondary N) is 2. The number of methoxy groups -OCH3 is 1. The maximum Gasteiger partial charge on any atom is 0.196 e. The quantitative estimate of drug-likeness (QED) is 0.202. The third-order valence-electron chi connectivity index (χ3n) is 4.17. The van der Waals surface area contributed by atoms with Crippen molar-refractivity contribution in [2.45, 2.75) is 19.4 Å². The molecule has 1 aliphatic rings. The summed E-state index contributed by atoms with van der Waals surface area (Å²) in [7, 11) is 1.67. The van der Waals surface area contributed by atoms with Gasteiger partial charge in [-0.25, -0.2) is 4.99 Å². The molecule has 2 N–H and O–H groups in total. The smallest absolute Gasteiger partial charge is 0.196 e. The topological polar surface area (TPSA) is 73.3 Å². The van der Waals surface area contributed by atoms with Crippen molar-refractivity contribution in [2.24, 2.45) is 4.99 Å². The molecule has 0 radical (unpaired) electrons. The van der Waals surface area contributed by atoms with Crippen molar-refractivity contribution in [3.63, 3.8) is 0 Å². The van der Waals surface area contributed by atoms with Gasteiger partial charge in [0.1, 0.15) is 0 Å². The number of anilines is 1. The second kappa shape index (κ2) is 14.4. The molecule has 0 fully saturated rings. The highest BCUT2D eigenvalue weighted by atomic mass is 127. The summed E-state index contributed by atoms with van der Waals surface area (Å²) in [4.78, 5) is 5.93. The highest BCUT2D eigenvalue weighted by molar-refractivity contribution is 14.0. The van der Waals surface area contributed by atoms with Gasteiger partial charge in [-0.15, -0.1) is 35.3 Å². The fourth-order valence-corrected chi connectivity index (χ4v) is 3.33. The minimum absolute atomic E-state index is 0. The first-order chi connectivity index (χ1) is 14.3. The van der Waals surface area contributed by atoms with Crippen LogP contribution in [0, 0.1) is 0 Å². The van der Waals surface area contributed by atoms with Crippen LogP contribution < -0.4 is 20.1 Å². The van der Waals surface area contributed by atoms with E-state index in [4.69, 9.17) is 23.9 Å². The van der Waals surface area contributed by atoms with Gasteiger partial charge in [0.25, 0.3) is 0 Å². The Morgan fingerprint density at radius 2 is 2.00 bits per heavy atom. The van der Waals surface area contributed by atoms with Gasteiger partial charge >= 0.3 is 0 Å². The Balaban J connectivity index is 0.00000320. The largest absolute Gasteiger partial charge is 0.490 e. The SMILES string of the molecule is COCCOCCCNC(=NCc1cccs1)Nc1ccc2c(c1)OCCCO2.I. The Labute approximate surface area is 199 Å². The average Bonchev–Trinajstić information content (AvgIpc) is 3.15. The van der Waals surface area contributed by atoms with Crippen LogP contribution in [0.4, 0.5) is 5.69 Å². The fourth-order valence-electron chi connectivity index (χ4n) is 2.70. The summed E-state index contributed by atoms with van der Waals surface area (Å²) in [6, 6.07) is 9.99. The van der Waals surface area contributed by atoms with Crippen LogP contribution >= 0.6 is 35.3 Å². The third-order valence-corrected chi connectivity index (χ3v) is 5.03. The molecule has 166 valence electrons. The van der Waals surface area contributed by atoms with E-state index in [2.05, 4.69) is 22.1 Å². The molecule has 3 rings (SSSR count). The van der Waals surface area contributed by atoms with Crippen LogP contribution in [0.5, 0.6) is 11.5 Å². The molecular weight excluding hydrogens is 517 g/mol. The summed E-state index contributed by atoms with van der Waals surface area (Å²) in [6.45, 7) is 4.64. The molecule has 0 saturated heterocycles. The molecule has 2 aromatic rings. The number of benzene rings is 1. The van der Waals surface area contributed by atoms with Crippen LogP contribution in [0.1, 0.15) is 17.7 Å². The van der Waals surface area contributed by atoms with Gasteiger partial charge in [0.05, 0.1) is 33.0 Å². The number of rotatable bonds is 10. The normalized spacial score (nSPS) is 13.3. The Morgan fingerprint density at radius 3 is 2.80 bits per heavy atom. The molecule has 1 aromatic heterocycles. The highest BCUT2D eigenvalue weighted by Crippen LogP contribution is 2.32. The van der Waals surface area contributed by atoms with Gasteiger partial charge in [-0.2, -0.15) is 0 Å². The molecule has 0 bridgehead atoms. The lowest BCUT2D eigenvalue weighted by Crippen LogP contribution is -2.32. The molecule has 9 heteroatoms. The monoisotopic (exact) mass is 547 g/mol. The van der Waals surface area contributed by atoms with Gasteiger partial charge in [0, 0.05) is 43.3 Å². The lowest BCUT2D eigenvalue weighted by Gasteiger charge is -2.14.